The lowest BCUT2D eigenvalue weighted by molar-refractivity contribution is 0.1000. The third kappa shape index (κ3) is 3.59. The van der Waals surface area contributed by atoms with E-state index in [1.165, 1.54) is 0 Å². The second-order valence-electron chi connectivity index (χ2n) is 4.28. The summed E-state index contributed by atoms with van der Waals surface area (Å²) in [4.78, 5) is 11.0. The van der Waals surface area contributed by atoms with Crippen molar-refractivity contribution in [3.8, 4) is 5.75 Å². The highest BCUT2D eigenvalue weighted by atomic mass is 79.9. The van der Waals surface area contributed by atoms with Gasteiger partial charge in [-0.2, -0.15) is 0 Å². The van der Waals surface area contributed by atoms with Gasteiger partial charge in [-0.25, -0.2) is 0 Å². The number of carbonyl (C=O) groups is 1. The van der Waals surface area contributed by atoms with Crippen LogP contribution in [0, 0.1) is 0 Å². The second-order valence-corrected chi connectivity index (χ2v) is 5.20. The largest absolute Gasteiger partial charge is 0.484 e. The molecule has 0 aliphatic carbocycles. The standard InChI is InChI=1S/C15H15BrN2O2/c16-12-5-1-10(2-6-12)14(9-17)20-13-7-3-11(4-8-13)15(18)19/h1-8,14H,9,17H2,(H2,18,19). The summed E-state index contributed by atoms with van der Waals surface area (Å²) in [5, 5.41) is 0. The molecule has 1 atom stereocenters. The molecule has 0 bridgehead atoms. The molecule has 0 heterocycles. The lowest BCUT2D eigenvalue weighted by Crippen LogP contribution is -2.18. The maximum absolute atomic E-state index is 11.0. The van der Waals surface area contributed by atoms with Gasteiger partial charge in [0.25, 0.3) is 0 Å². The van der Waals surface area contributed by atoms with Crippen LogP contribution in [0.25, 0.3) is 0 Å². The number of primary amides is 1. The van der Waals surface area contributed by atoms with Crippen LogP contribution in [0.3, 0.4) is 0 Å². The summed E-state index contributed by atoms with van der Waals surface area (Å²) in [5.74, 6) is 0.188. The molecule has 104 valence electrons. The van der Waals surface area contributed by atoms with E-state index in [-0.39, 0.29) is 6.10 Å². The average molecular weight is 335 g/mol. The Morgan fingerprint density at radius 2 is 1.70 bits per heavy atom. The quantitative estimate of drug-likeness (QED) is 0.882. The Morgan fingerprint density at radius 1 is 1.10 bits per heavy atom. The molecule has 20 heavy (non-hydrogen) atoms. The predicted molar refractivity (Wildman–Crippen MR) is 81.5 cm³/mol. The molecule has 0 aliphatic rings. The Labute approximate surface area is 125 Å². The number of halogens is 1. The van der Waals surface area contributed by atoms with Crippen molar-refractivity contribution < 1.29 is 9.53 Å². The van der Waals surface area contributed by atoms with Gasteiger partial charge in [0.2, 0.25) is 5.91 Å². The van der Waals surface area contributed by atoms with Crippen LogP contribution in [-0.4, -0.2) is 12.5 Å². The molecule has 0 spiro atoms. The smallest absolute Gasteiger partial charge is 0.248 e. The molecular weight excluding hydrogens is 320 g/mol. The number of carbonyl (C=O) groups excluding carboxylic acids is 1. The fourth-order valence-electron chi connectivity index (χ4n) is 1.79. The molecule has 2 aromatic rings. The van der Waals surface area contributed by atoms with Crippen molar-refractivity contribution in [3.05, 3.63) is 64.1 Å². The highest BCUT2D eigenvalue weighted by Gasteiger charge is 2.11. The average Bonchev–Trinajstić information content (AvgIpc) is 2.46. The maximum Gasteiger partial charge on any atom is 0.248 e. The van der Waals surface area contributed by atoms with Crippen LogP contribution in [-0.2, 0) is 0 Å². The van der Waals surface area contributed by atoms with Gasteiger partial charge in [-0.05, 0) is 42.0 Å². The van der Waals surface area contributed by atoms with E-state index in [1.807, 2.05) is 24.3 Å². The zero-order valence-electron chi connectivity index (χ0n) is 10.8. The summed E-state index contributed by atoms with van der Waals surface area (Å²) in [5.41, 5.74) is 12.4. The Morgan fingerprint density at radius 3 is 2.20 bits per heavy atom. The predicted octanol–water partition coefficient (Wildman–Crippen LogP) is 2.63. The van der Waals surface area contributed by atoms with Gasteiger partial charge in [0.15, 0.2) is 0 Å². The summed E-state index contributed by atoms with van der Waals surface area (Å²) in [6.45, 7) is 0.360. The van der Waals surface area contributed by atoms with Crippen LogP contribution in [0.5, 0.6) is 5.75 Å². The number of rotatable bonds is 5. The van der Waals surface area contributed by atoms with Crippen LogP contribution in [0.1, 0.15) is 22.0 Å². The van der Waals surface area contributed by atoms with E-state index in [9.17, 15) is 4.79 Å². The number of amides is 1. The first-order valence-electron chi connectivity index (χ1n) is 6.12. The van der Waals surface area contributed by atoms with E-state index in [1.54, 1.807) is 24.3 Å². The molecule has 0 fully saturated rings. The molecule has 0 aliphatic heterocycles. The monoisotopic (exact) mass is 334 g/mol. The number of ether oxygens (including phenoxy) is 1. The van der Waals surface area contributed by atoms with E-state index < -0.39 is 5.91 Å². The van der Waals surface area contributed by atoms with Crippen LogP contribution >= 0.6 is 15.9 Å². The topological polar surface area (TPSA) is 78.3 Å². The highest BCUT2D eigenvalue weighted by molar-refractivity contribution is 9.10. The molecule has 0 saturated carbocycles. The molecule has 0 saturated heterocycles. The molecule has 1 unspecified atom stereocenters. The number of nitrogens with two attached hydrogens (primary N) is 2. The molecule has 2 rings (SSSR count). The Kier molecular flexibility index (Phi) is 4.76. The van der Waals surface area contributed by atoms with Crippen molar-refractivity contribution in [2.75, 3.05) is 6.54 Å². The van der Waals surface area contributed by atoms with Gasteiger partial charge < -0.3 is 16.2 Å². The summed E-state index contributed by atoms with van der Waals surface area (Å²) in [6.07, 6.45) is -0.234. The van der Waals surface area contributed by atoms with Crippen molar-refractivity contribution in [2.45, 2.75) is 6.10 Å². The van der Waals surface area contributed by atoms with E-state index in [0.29, 0.717) is 17.9 Å². The first kappa shape index (κ1) is 14.6. The lowest BCUT2D eigenvalue weighted by atomic mass is 10.1. The molecule has 1 amide bonds. The molecule has 2 aromatic carbocycles. The van der Waals surface area contributed by atoms with Gasteiger partial charge in [-0.3, -0.25) is 4.79 Å². The molecule has 0 radical (unpaired) electrons. The van der Waals surface area contributed by atoms with Crippen molar-refractivity contribution in [1.29, 1.82) is 0 Å². The molecular formula is C15H15BrN2O2. The van der Waals surface area contributed by atoms with Crippen molar-refractivity contribution in [1.82, 2.24) is 0 Å². The van der Waals surface area contributed by atoms with E-state index >= 15 is 0 Å². The van der Waals surface area contributed by atoms with E-state index in [4.69, 9.17) is 16.2 Å². The Balaban J connectivity index is 2.13. The van der Waals surface area contributed by atoms with Crippen LogP contribution in [0.15, 0.2) is 53.0 Å². The van der Waals surface area contributed by atoms with Gasteiger partial charge in [0.1, 0.15) is 11.9 Å². The van der Waals surface area contributed by atoms with E-state index in [2.05, 4.69) is 15.9 Å². The molecule has 5 heteroatoms. The second kappa shape index (κ2) is 6.54. The van der Waals surface area contributed by atoms with Crippen molar-refractivity contribution in [2.24, 2.45) is 11.5 Å². The fraction of sp³-hybridized carbons (Fsp3) is 0.133. The number of hydrogen-bond donors (Lipinski definition) is 2. The van der Waals surface area contributed by atoms with Gasteiger partial charge in [-0.1, -0.05) is 28.1 Å². The van der Waals surface area contributed by atoms with E-state index in [0.717, 1.165) is 10.0 Å². The third-order valence-electron chi connectivity index (χ3n) is 2.87. The summed E-state index contributed by atoms with van der Waals surface area (Å²) in [7, 11) is 0. The summed E-state index contributed by atoms with van der Waals surface area (Å²) >= 11 is 3.39. The number of benzene rings is 2. The van der Waals surface area contributed by atoms with Gasteiger partial charge in [0.05, 0.1) is 0 Å². The van der Waals surface area contributed by atoms with Crippen molar-refractivity contribution >= 4 is 21.8 Å². The Hall–Kier alpha value is -1.85. The lowest BCUT2D eigenvalue weighted by Gasteiger charge is -2.18. The Bertz CT molecular complexity index is 582. The molecule has 0 aromatic heterocycles. The summed E-state index contributed by atoms with van der Waals surface area (Å²) < 4.78 is 6.83. The van der Waals surface area contributed by atoms with Gasteiger partial charge in [0, 0.05) is 16.6 Å². The van der Waals surface area contributed by atoms with Crippen molar-refractivity contribution in [3.63, 3.8) is 0 Å². The zero-order chi connectivity index (χ0) is 14.5. The SMILES string of the molecule is NCC(Oc1ccc(C(N)=O)cc1)c1ccc(Br)cc1. The normalized spacial score (nSPS) is 11.9. The zero-order valence-corrected chi connectivity index (χ0v) is 12.3. The fourth-order valence-corrected chi connectivity index (χ4v) is 2.06. The van der Waals surface area contributed by atoms with Gasteiger partial charge >= 0.3 is 0 Å². The minimum Gasteiger partial charge on any atom is -0.484 e. The van der Waals surface area contributed by atoms with Gasteiger partial charge in [-0.15, -0.1) is 0 Å². The first-order valence-corrected chi connectivity index (χ1v) is 6.91. The molecule has 4 nitrogen and oxygen atoms in total. The number of hydrogen-bond acceptors (Lipinski definition) is 3. The van der Waals surface area contributed by atoms with Crippen LogP contribution < -0.4 is 16.2 Å². The highest BCUT2D eigenvalue weighted by Crippen LogP contribution is 2.23. The summed E-state index contributed by atoms with van der Waals surface area (Å²) in [6, 6.07) is 14.5. The minimum atomic E-state index is -0.458. The van der Waals surface area contributed by atoms with Crippen LogP contribution in [0.4, 0.5) is 0 Å². The third-order valence-corrected chi connectivity index (χ3v) is 3.40. The maximum atomic E-state index is 11.0. The minimum absolute atomic E-state index is 0.234. The molecule has 4 N–H and O–H groups in total. The van der Waals surface area contributed by atoms with Crippen LogP contribution in [0.2, 0.25) is 0 Å². The first-order chi connectivity index (χ1) is 9.60.